The van der Waals surface area contributed by atoms with E-state index in [1.54, 1.807) is 27.7 Å². The molecular formula is C60H52O. The summed E-state index contributed by atoms with van der Waals surface area (Å²) in [5.41, 5.74) is 3.39. The summed E-state index contributed by atoms with van der Waals surface area (Å²) < 4.78 is 188. The predicted octanol–water partition coefficient (Wildman–Crippen LogP) is 17.1. The zero-order valence-corrected chi connectivity index (χ0v) is 35.9. The monoisotopic (exact) mass is 808 g/mol. The summed E-state index contributed by atoms with van der Waals surface area (Å²) in [5, 5.41) is -0.266. The Balaban J connectivity index is 1.39. The van der Waals surface area contributed by atoms with Crippen molar-refractivity contribution in [3.63, 3.8) is 0 Å². The molecule has 1 aliphatic rings. The average Bonchev–Trinajstić information content (AvgIpc) is 3.94. The summed E-state index contributed by atoms with van der Waals surface area (Å²) >= 11 is 0. The first-order valence-corrected chi connectivity index (χ1v) is 20.4. The van der Waals surface area contributed by atoms with Crippen LogP contribution >= 0.6 is 0 Å². The maximum atomic E-state index is 10.5. The van der Waals surface area contributed by atoms with Crippen molar-refractivity contribution >= 4 is 54.3 Å². The molecule has 1 heterocycles. The van der Waals surface area contributed by atoms with Gasteiger partial charge in [-0.25, -0.2) is 0 Å². The Hall–Kier alpha value is -6.44. The molecule has 0 saturated carbocycles. The molecule has 0 bridgehead atoms. The van der Waals surface area contributed by atoms with Gasteiger partial charge in [-0.3, -0.25) is 0 Å². The molecule has 0 unspecified atom stereocenters. The van der Waals surface area contributed by atoms with Gasteiger partial charge in [0.1, 0.15) is 11.2 Å². The number of hydrogen-bond acceptors (Lipinski definition) is 1. The summed E-state index contributed by atoms with van der Waals surface area (Å²) in [6, 6.07) is -7.79. The molecule has 61 heavy (non-hydrogen) atoms. The number of aryl methyl sites for hydroxylation is 2. The van der Waals surface area contributed by atoms with Crippen LogP contribution in [0.15, 0.2) is 119 Å². The van der Waals surface area contributed by atoms with Crippen molar-refractivity contribution in [2.75, 3.05) is 0 Å². The predicted molar refractivity (Wildman–Crippen MR) is 263 cm³/mol. The van der Waals surface area contributed by atoms with Crippen molar-refractivity contribution in [3.05, 3.63) is 176 Å². The molecule has 1 nitrogen and oxygen atoms in total. The van der Waals surface area contributed by atoms with E-state index in [1.807, 2.05) is 27.7 Å². The number of benzene rings is 9. The molecule has 0 radical (unpaired) electrons. The Kier molecular flexibility index (Phi) is 4.79. The van der Waals surface area contributed by atoms with Crippen LogP contribution in [0.3, 0.4) is 0 Å². The summed E-state index contributed by atoms with van der Waals surface area (Å²) in [7, 11) is 0. The van der Waals surface area contributed by atoms with Crippen molar-refractivity contribution in [1.29, 1.82) is 0 Å². The highest BCUT2D eigenvalue weighted by molar-refractivity contribution is 6.23. The first-order valence-electron chi connectivity index (χ1n) is 29.9. The molecule has 0 spiro atoms. The summed E-state index contributed by atoms with van der Waals surface area (Å²) in [6.07, 6.45) is 0. The third kappa shape index (κ3) is 5.13. The highest BCUT2D eigenvalue weighted by atomic mass is 16.3. The van der Waals surface area contributed by atoms with E-state index in [2.05, 4.69) is 0 Å². The second-order valence-corrected chi connectivity index (χ2v) is 17.1. The minimum atomic E-state index is -1.04. The van der Waals surface area contributed by atoms with Crippen LogP contribution in [0.5, 0.6) is 0 Å². The quantitative estimate of drug-likeness (QED) is 0.162. The van der Waals surface area contributed by atoms with Gasteiger partial charge in [0.2, 0.25) is 0 Å². The van der Waals surface area contributed by atoms with Gasteiger partial charge in [-0.15, -0.1) is 0 Å². The highest BCUT2D eigenvalue weighted by Gasteiger charge is 2.39. The third-order valence-corrected chi connectivity index (χ3v) is 13.3. The highest BCUT2D eigenvalue weighted by Crippen LogP contribution is 2.56. The molecular weight excluding hydrogens is 737 g/mol. The molecule has 298 valence electrons. The SMILES string of the molecule is [2H]c1c([2H])c([2H])c2c(c1[2H])-c1c(-c3c([2H])c([2H])c(C)c(-c4c5c([2H])c([2H])c([2H])c([2H])c5c(-c5c(C)c([2H])c6oc7c(C)c8c([2H])c([2H])c(C)c(C)c8c([2H])c7c6c5[2H])c5c([2H])c([2H])c(C)c([2H])c45)c3[2H])c(C)c(C)c(C)c1C2(C)C. The first kappa shape index (κ1) is 22.4. The minimum absolute atomic E-state index is 0.00704. The Morgan fingerprint density at radius 2 is 1.07 bits per heavy atom. The van der Waals surface area contributed by atoms with E-state index in [0.717, 1.165) is 11.1 Å². The smallest absolute Gasteiger partial charge is 0.138 e. The first-order chi connectivity index (χ1) is 37.2. The number of rotatable bonds is 3. The van der Waals surface area contributed by atoms with Crippen LogP contribution in [0, 0.1) is 62.3 Å². The zero-order valence-electron chi connectivity index (χ0n) is 54.9. The van der Waals surface area contributed by atoms with Crippen LogP contribution in [0.1, 0.15) is 101 Å². The molecule has 0 atom stereocenters. The van der Waals surface area contributed by atoms with Gasteiger partial charge in [0.15, 0.2) is 0 Å². The van der Waals surface area contributed by atoms with Crippen LogP contribution in [-0.2, 0) is 5.41 Å². The van der Waals surface area contributed by atoms with Crippen molar-refractivity contribution in [1.82, 2.24) is 0 Å². The lowest BCUT2D eigenvalue weighted by Gasteiger charge is -2.27. The van der Waals surface area contributed by atoms with Crippen molar-refractivity contribution in [2.24, 2.45) is 0 Å². The fraction of sp³-hybridized carbons (Fsp3) is 0.200. The second-order valence-electron chi connectivity index (χ2n) is 17.1. The standard InChI is InChI=1S/C60H52O/c1-31-20-24-44-50(26-31)56(46-28-40(23-21-33(46)3)54-37(7)36(6)38(8)58-57(54)45-18-14-15-19-52(45)60(58,10)11)43-17-13-12-16-42(43)55(44)47-29-49-51-30-48-35(5)32(2)22-25-41(48)39(9)59(51)61-53(49)27-34(47)4/h12-30H,1-11H3/i12D,13D,14D,15D,16D,17D,18D,19D,20D,21D,22D,23D,24D,25D,26D,27D,28D,29D,30D. The van der Waals surface area contributed by atoms with Crippen molar-refractivity contribution in [2.45, 2.75) is 81.6 Å². The van der Waals surface area contributed by atoms with Crippen LogP contribution in [0.2, 0.25) is 0 Å². The van der Waals surface area contributed by atoms with Crippen LogP contribution in [0.4, 0.5) is 0 Å². The molecule has 1 heteroatoms. The summed E-state index contributed by atoms with van der Waals surface area (Å²) in [4.78, 5) is 0. The van der Waals surface area contributed by atoms with Gasteiger partial charge in [0, 0.05) is 21.8 Å². The van der Waals surface area contributed by atoms with Crippen molar-refractivity contribution in [3.8, 4) is 44.5 Å². The molecule has 0 saturated heterocycles. The van der Waals surface area contributed by atoms with Gasteiger partial charge in [-0.1, -0.05) is 110 Å². The summed E-state index contributed by atoms with van der Waals surface area (Å²) in [6.45, 7) is 18.8. The number of furan rings is 1. The molecule has 1 aromatic heterocycles. The maximum absolute atomic E-state index is 10.5. The maximum Gasteiger partial charge on any atom is 0.138 e. The van der Waals surface area contributed by atoms with Gasteiger partial charge in [-0.05, 0) is 213 Å². The van der Waals surface area contributed by atoms with Gasteiger partial charge in [0.25, 0.3) is 0 Å². The fourth-order valence-electron chi connectivity index (χ4n) is 9.84. The Labute approximate surface area is 386 Å². The second kappa shape index (κ2) is 13.0. The molecule has 0 N–H and O–H groups in total. The van der Waals surface area contributed by atoms with Gasteiger partial charge in [0.05, 0.1) is 26.0 Å². The van der Waals surface area contributed by atoms with Gasteiger partial charge >= 0.3 is 0 Å². The van der Waals surface area contributed by atoms with Gasteiger partial charge < -0.3 is 4.42 Å². The molecule has 0 amide bonds. The van der Waals surface area contributed by atoms with E-state index in [4.69, 9.17) is 9.90 Å². The number of hydrogen-bond donors (Lipinski definition) is 0. The number of fused-ring (bicyclic) bond motifs is 9. The lowest BCUT2D eigenvalue weighted by molar-refractivity contribution is 0.654. The molecule has 0 aliphatic heterocycles. The topological polar surface area (TPSA) is 13.1 Å². The average molecular weight is 808 g/mol. The Morgan fingerprint density at radius 3 is 1.84 bits per heavy atom. The van der Waals surface area contributed by atoms with Crippen molar-refractivity contribution < 1.29 is 30.5 Å². The van der Waals surface area contributed by atoms with Crippen LogP contribution in [-0.4, -0.2) is 0 Å². The van der Waals surface area contributed by atoms with Gasteiger partial charge in [-0.2, -0.15) is 0 Å². The molecule has 9 aromatic carbocycles. The van der Waals surface area contributed by atoms with Crippen LogP contribution < -0.4 is 0 Å². The lowest BCUT2D eigenvalue weighted by Crippen LogP contribution is -2.17. The lowest BCUT2D eigenvalue weighted by atomic mass is 9.76. The Morgan fingerprint density at radius 1 is 0.410 bits per heavy atom. The van der Waals surface area contributed by atoms with E-state index < -0.39 is 71.9 Å². The van der Waals surface area contributed by atoms with E-state index >= 15 is 0 Å². The Bertz CT molecular complexity index is 4620. The molecule has 0 fully saturated rings. The minimum Gasteiger partial charge on any atom is -0.456 e. The summed E-state index contributed by atoms with van der Waals surface area (Å²) in [5.74, 6) is 0. The third-order valence-electron chi connectivity index (χ3n) is 13.3. The zero-order chi connectivity index (χ0) is 58.9. The van der Waals surface area contributed by atoms with E-state index in [0.29, 0.717) is 49.7 Å². The van der Waals surface area contributed by atoms with E-state index in [1.165, 1.54) is 20.8 Å². The van der Waals surface area contributed by atoms with E-state index in [9.17, 15) is 20.6 Å². The molecule has 1 aliphatic carbocycles. The van der Waals surface area contributed by atoms with E-state index in [-0.39, 0.29) is 147 Å². The molecule has 11 rings (SSSR count). The van der Waals surface area contributed by atoms with Crippen LogP contribution in [0.25, 0.3) is 98.8 Å². The normalized spacial score (nSPS) is 17.7. The molecule has 10 aromatic rings. The fourth-order valence-corrected chi connectivity index (χ4v) is 9.84. The largest absolute Gasteiger partial charge is 0.456 e.